The van der Waals surface area contributed by atoms with Crippen molar-refractivity contribution in [2.24, 2.45) is 0 Å². The van der Waals surface area contributed by atoms with Gasteiger partial charge in [-0.2, -0.15) is 0 Å². The Kier molecular flexibility index (Phi) is 2.82. The van der Waals surface area contributed by atoms with Gasteiger partial charge in [0, 0.05) is 11.8 Å². The lowest BCUT2D eigenvalue weighted by atomic mass is 10.1. The van der Waals surface area contributed by atoms with Crippen LogP contribution in [-0.2, 0) is 4.74 Å². The molecule has 17 heavy (non-hydrogen) atoms. The molecule has 1 heterocycles. The fourth-order valence-corrected chi connectivity index (χ4v) is 1.57. The molecule has 0 saturated carbocycles. The number of aromatic amines is 1. The van der Waals surface area contributed by atoms with Gasteiger partial charge in [0.1, 0.15) is 11.5 Å². The van der Waals surface area contributed by atoms with Crippen LogP contribution >= 0.6 is 0 Å². The van der Waals surface area contributed by atoms with Crippen molar-refractivity contribution in [3.05, 3.63) is 42.0 Å². The molecule has 0 bridgehead atoms. The van der Waals surface area contributed by atoms with Crippen LogP contribution in [0.5, 0.6) is 0 Å². The first-order valence-electron chi connectivity index (χ1n) is 4.94. The quantitative estimate of drug-likeness (QED) is 0.782. The fraction of sp³-hybridized carbons (Fsp3) is 0.0833. The molecule has 0 radical (unpaired) electrons. The van der Waals surface area contributed by atoms with E-state index in [4.69, 9.17) is 5.73 Å². The van der Waals surface area contributed by atoms with Gasteiger partial charge in [-0.15, -0.1) is 0 Å². The zero-order valence-corrected chi connectivity index (χ0v) is 9.16. The Labute approximate surface area is 97.2 Å². The normalized spacial score (nSPS) is 10.2. The minimum Gasteiger partial charge on any atom is -0.464 e. The van der Waals surface area contributed by atoms with Crippen LogP contribution in [0.15, 0.2) is 30.5 Å². The lowest BCUT2D eigenvalue weighted by molar-refractivity contribution is 0.0596. The van der Waals surface area contributed by atoms with Crippen molar-refractivity contribution in [1.82, 2.24) is 4.98 Å². The molecule has 0 aliphatic rings. The van der Waals surface area contributed by atoms with Crippen molar-refractivity contribution < 1.29 is 13.9 Å². The number of carbonyl (C=O) groups excluding carboxylic acids is 1. The first-order valence-corrected chi connectivity index (χ1v) is 4.94. The number of methoxy groups -OCH3 is 1. The number of nitrogens with one attached hydrogen (secondary N) is 1. The van der Waals surface area contributed by atoms with Crippen LogP contribution in [0.2, 0.25) is 0 Å². The number of hydrogen-bond acceptors (Lipinski definition) is 3. The monoisotopic (exact) mass is 234 g/mol. The Morgan fingerprint density at radius 2 is 2.00 bits per heavy atom. The third-order valence-corrected chi connectivity index (χ3v) is 2.47. The molecule has 0 fully saturated rings. The first kappa shape index (κ1) is 11.2. The van der Waals surface area contributed by atoms with Gasteiger partial charge in [-0.1, -0.05) is 12.1 Å². The summed E-state index contributed by atoms with van der Waals surface area (Å²) in [6.07, 6.45) is 1.59. The van der Waals surface area contributed by atoms with Crippen molar-refractivity contribution in [2.45, 2.75) is 0 Å². The van der Waals surface area contributed by atoms with Crippen molar-refractivity contribution in [2.75, 3.05) is 12.8 Å². The van der Waals surface area contributed by atoms with E-state index in [0.717, 1.165) is 5.56 Å². The molecule has 88 valence electrons. The molecular formula is C12H11FN2O2. The molecule has 4 nitrogen and oxygen atoms in total. The van der Waals surface area contributed by atoms with Gasteiger partial charge < -0.3 is 15.5 Å². The predicted molar refractivity (Wildman–Crippen MR) is 61.9 cm³/mol. The summed E-state index contributed by atoms with van der Waals surface area (Å²) in [6.45, 7) is 0. The summed E-state index contributed by atoms with van der Waals surface area (Å²) >= 11 is 0. The second kappa shape index (κ2) is 4.29. The molecule has 2 rings (SSSR count). The number of anilines is 1. The molecule has 0 aliphatic carbocycles. The number of carbonyl (C=O) groups is 1. The SMILES string of the molecule is COC(=O)c1[nH]cc(-c2ccc(F)cc2)c1N. The van der Waals surface area contributed by atoms with E-state index >= 15 is 0 Å². The van der Waals surface area contributed by atoms with Gasteiger partial charge in [0.25, 0.3) is 0 Å². The molecule has 0 saturated heterocycles. The topological polar surface area (TPSA) is 68.1 Å². The van der Waals surface area contributed by atoms with Crippen molar-refractivity contribution in [3.63, 3.8) is 0 Å². The van der Waals surface area contributed by atoms with E-state index in [9.17, 15) is 9.18 Å². The maximum atomic E-state index is 12.8. The van der Waals surface area contributed by atoms with E-state index in [1.165, 1.54) is 19.2 Å². The van der Waals surface area contributed by atoms with Crippen LogP contribution in [0.1, 0.15) is 10.5 Å². The van der Waals surface area contributed by atoms with Crippen molar-refractivity contribution in [1.29, 1.82) is 0 Å². The van der Waals surface area contributed by atoms with Crippen LogP contribution in [0.25, 0.3) is 11.1 Å². The molecule has 1 aromatic heterocycles. The lowest BCUT2D eigenvalue weighted by Gasteiger charge is -2.01. The Morgan fingerprint density at radius 1 is 1.35 bits per heavy atom. The van der Waals surface area contributed by atoms with E-state index in [1.807, 2.05) is 0 Å². The maximum Gasteiger partial charge on any atom is 0.356 e. The van der Waals surface area contributed by atoms with E-state index in [2.05, 4.69) is 9.72 Å². The average molecular weight is 234 g/mol. The molecule has 0 atom stereocenters. The van der Waals surface area contributed by atoms with Crippen molar-refractivity contribution in [3.8, 4) is 11.1 Å². The standard InChI is InChI=1S/C12H11FN2O2/c1-17-12(16)11-10(14)9(6-15-11)7-2-4-8(13)5-3-7/h2-6,15H,14H2,1H3. The molecule has 5 heteroatoms. The minimum atomic E-state index is -0.532. The maximum absolute atomic E-state index is 12.8. The summed E-state index contributed by atoms with van der Waals surface area (Å²) < 4.78 is 17.4. The number of nitrogen functional groups attached to an aromatic ring is 1. The van der Waals surface area contributed by atoms with Crippen LogP contribution in [0, 0.1) is 5.82 Å². The smallest absolute Gasteiger partial charge is 0.356 e. The molecule has 2 aromatic rings. The summed E-state index contributed by atoms with van der Waals surface area (Å²) in [5, 5.41) is 0. The van der Waals surface area contributed by atoms with Crippen LogP contribution < -0.4 is 5.73 Å². The number of benzene rings is 1. The van der Waals surface area contributed by atoms with Gasteiger partial charge in [-0.25, -0.2) is 9.18 Å². The first-order chi connectivity index (χ1) is 8.13. The second-order valence-corrected chi connectivity index (χ2v) is 3.49. The zero-order chi connectivity index (χ0) is 12.4. The number of aromatic nitrogens is 1. The number of rotatable bonds is 2. The Morgan fingerprint density at radius 3 is 2.59 bits per heavy atom. The number of ether oxygens (including phenoxy) is 1. The molecular weight excluding hydrogens is 223 g/mol. The van der Waals surface area contributed by atoms with E-state index in [-0.39, 0.29) is 11.5 Å². The second-order valence-electron chi connectivity index (χ2n) is 3.49. The van der Waals surface area contributed by atoms with Crippen LogP contribution in [-0.4, -0.2) is 18.1 Å². The Hall–Kier alpha value is -2.30. The summed E-state index contributed by atoms with van der Waals surface area (Å²) in [5.41, 5.74) is 7.70. The highest BCUT2D eigenvalue weighted by Crippen LogP contribution is 2.28. The highest BCUT2D eigenvalue weighted by Gasteiger charge is 2.16. The van der Waals surface area contributed by atoms with Gasteiger partial charge >= 0.3 is 5.97 Å². The highest BCUT2D eigenvalue weighted by atomic mass is 19.1. The zero-order valence-electron chi connectivity index (χ0n) is 9.16. The number of esters is 1. The molecule has 1 aromatic carbocycles. The summed E-state index contributed by atoms with van der Waals surface area (Å²) in [4.78, 5) is 14.1. The van der Waals surface area contributed by atoms with E-state index in [0.29, 0.717) is 11.3 Å². The molecule has 0 spiro atoms. The van der Waals surface area contributed by atoms with E-state index < -0.39 is 5.97 Å². The predicted octanol–water partition coefficient (Wildman–Crippen LogP) is 2.19. The van der Waals surface area contributed by atoms with Gasteiger partial charge in [-0.3, -0.25) is 0 Å². The third kappa shape index (κ3) is 1.99. The van der Waals surface area contributed by atoms with Crippen LogP contribution in [0.4, 0.5) is 10.1 Å². The van der Waals surface area contributed by atoms with Gasteiger partial charge in [0.2, 0.25) is 0 Å². The van der Waals surface area contributed by atoms with Gasteiger partial charge in [0.05, 0.1) is 12.8 Å². The molecule has 0 unspecified atom stereocenters. The largest absolute Gasteiger partial charge is 0.464 e. The van der Waals surface area contributed by atoms with Gasteiger partial charge in [0.15, 0.2) is 0 Å². The number of nitrogens with two attached hydrogens (primary N) is 1. The fourth-order valence-electron chi connectivity index (χ4n) is 1.57. The number of halogens is 1. The number of hydrogen-bond donors (Lipinski definition) is 2. The van der Waals surface area contributed by atoms with Gasteiger partial charge in [-0.05, 0) is 17.7 Å². The van der Waals surface area contributed by atoms with Crippen LogP contribution in [0.3, 0.4) is 0 Å². The Balaban J connectivity index is 2.44. The molecule has 3 N–H and O–H groups in total. The van der Waals surface area contributed by atoms with Crippen molar-refractivity contribution >= 4 is 11.7 Å². The Bertz CT molecular complexity index is 546. The lowest BCUT2D eigenvalue weighted by Crippen LogP contribution is -2.04. The van der Waals surface area contributed by atoms with E-state index in [1.54, 1.807) is 18.3 Å². The summed E-state index contributed by atoms with van der Waals surface area (Å²) in [6, 6.07) is 5.85. The third-order valence-electron chi connectivity index (χ3n) is 2.47. The molecule has 0 amide bonds. The summed E-state index contributed by atoms with van der Waals surface area (Å²) in [5.74, 6) is -0.855. The molecule has 0 aliphatic heterocycles. The minimum absolute atomic E-state index is 0.201. The highest BCUT2D eigenvalue weighted by molar-refractivity contribution is 5.98. The summed E-state index contributed by atoms with van der Waals surface area (Å²) in [7, 11) is 1.28. The number of H-pyrrole nitrogens is 1. The average Bonchev–Trinajstić information content (AvgIpc) is 2.71.